The van der Waals surface area contributed by atoms with E-state index in [1.807, 2.05) is 6.92 Å². The highest BCUT2D eigenvalue weighted by atomic mass is 35.5. The van der Waals surface area contributed by atoms with Crippen molar-refractivity contribution in [1.29, 1.82) is 0 Å². The normalized spacial score (nSPS) is 11.2. The van der Waals surface area contributed by atoms with Crippen LogP contribution in [-0.4, -0.2) is 39.6 Å². The number of nitrogens with zero attached hydrogens (tertiary/aromatic N) is 2. The highest BCUT2D eigenvalue weighted by Gasteiger charge is 2.28. The molecule has 8 nitrogen and oxygen atoms in total. The number of aromatic amines is 1. The van der Waals surface area contributed by atoms with E-state index < -0.39 is 17.5 Å². The number of anilines is 1. The first-order chi connectivity index (χ1) is 12.7. The molecular formula is C18H23ClN4O4. The molecule has 0 amide bonds. The number of ether oxygens (including phenoxy) is 2. The van der Waals surface area contributed by atoms with E-state index in [9.17, 15) is 9.59 Å². The van der Waals surface area contributed by atoms with E-state index >= 15 is 0 Å². The lowest BCUT2D eigenvalue weighted by molar-refractivity contribution is 0.00622. The summed E-state index contributed by atoms with van der Waals surface area (Å²) in [7, 11) is 1.29. The number of hydrogen-bond donors (Lipinski definition) is 2. The fraction of sp³-hybridized carbons (Fsp3) is 0.444. The molecule has 0 radical (unpaired) electrons. The number of H-pyrrole nitrogens is 1. The van der Waals surface area contributed by atoms with E-state index in [4.69, 9.17) is 21.1 Å². The number of aromatic nitrogens is 3. The topological polar surface area (TPSA) is 106 Å². The van der Waals surface area contributed by atoms with Crippen molar-refractivity contribution in [3.8, 4) is 0 Å². The minimum atomic E-state index is -0.658. The molecule has 0 aromatic carbocycles. The standard InChI is InChI=1S/C18H23ClN4O4/c1-6-10-13(15(24)26-5)11(9-21-12-7-8-20-17(19)23-12)22-14(10)16(25)27-18(2,3)4/h7-8,22H,6,9H2,1-5H3,(H,20,21,23). The van der Waals surface area contributed by atoms with Gasteiger partial charge >= 0.3 is 11.9 Å². The van der Waals surface area contributed by atoms with Crippen molar-refractivity contribution >= 4 is 29.4 Å². The third-order valence-electron chi connectivity index (χ3n) is 3.60. The fourth-order valence-corrected chi connectivity index (χ4v) is 2.69. The first-order valence-corrected chi connectivity index (χ1v) is 8.81. The van der Waals surface area contributed by atoms with Crippen LogP contribution in [0.15, 0.2) is 12.3 Å². The van der Waals surface area contributed by atoms with Gasteiger partial charge in [-0.15, -0.1) is 0 Å². The molecule has 0 aliphatic rings. The molecule has 0 unspecified atom stereocenters. The van der Waals surface area contributed by atoms with Crippen molar-refractivity contribution in [3.05, 3.63) is 40.1 Å². The number of halogens is 1. The molecule has 0 saturated carbocycles. The zero-order chi connectivity index (χ0) is 20.2. The summed E-state index contributed by atoms with van der Waals surface area (Å²) < 4.78 is 10.3. The molecule has 2 aromatic heterocycles. The number of carbonyl (C=O) groups excluding carboxylic acids is 2. The van der Waals surface area contributed by atoms with Crippen LogP contribution in [0.4, 0.5) is 5.82 Å². The van der Waals surface area contributed by atoms with Gasteiger partial charge < -0.3 is 19.8 Å². The zero-order valence-electron chi connectivity index (χ0n) is 16.0. The van der Waals surface area contributed by atoms with Crippen molar-refractivity contribution in [2.45, 2.75) is 46.3 Å². The van der Waals surface area contributed by atoms with Gasteiger partial charge in [0.15, 0.2) is 0 Å². The van der Waals surface area contributed by atoms with Gasteiger partial charge in [-0.05, 0) is 50.4 Å². The number of nitrogens with one attached hydrogen (secondary N) is 2. The number of methoxy groups -OCH3 is 1. The van der Waals surface area contributed by atoms with Gasteiger partial charge in [-0.1, -0.05) is 6.92 Å². The second-order valence-corrected chi connectivity index (χ2v) is 7.08. The Kier molecular flexibility index (Phi) is 6.43. The molecular weight excluding hydrogens is 372 g/mol. The number of hydrogen-bond acceptors (Lipinski definition) is 7. The predicted octanol–water partition coefficient (Wildman–Crippen LogP) is 3.37. The summed E-state index contributed by atoms with van der Waals surface area (Å²) in [6.45, 7) is 7.39. The van der Waals surface area contributed by atoms with E-state index in [2.05, 4.69) is 20.3 Å². The average molecular weight is 395 g/mol. The van der Waals surface area contributed by atoms with Crippen molar-refractivity contribution in [2.24, 2.45) is 0 Å². The molecule has 0 fully saturated rings. The molecule has 0 spiro atoms. The quantitative estimate of drug-likeness (QED) is 0.571. The van der Waals surface area contributed by atoms with E-state index in [1.54, 1.807) is 26.8 Å². The van der Waals surface area contributed by atoms with E-state index in [-0.39, 0.29) is 17.5 Å². The summed E-state index contributed by atoms with van der Waals surface area (Å²) in [6, 6.07) is 1.64. The monoisotopic (exact) mass is 394 g/mol. The number of esters is 2. The lowest BCUT2D eigenvalue weighted by Crippen LogP contribution is -2.24. The average Bonchev–Trinajstić information content (AvgIpc) is 2.96. The van der Waals surface area contributed by atoms with Crippen LogP contribution in [0, 0.1) is 0 Å². The SMILES string of the molecule is CCc1c(C(=O)OC(C)(C)C)[nH]c(CNc2ccnc(Cl)n2)c1C(=O)OC. The Bertz CT molecular complexity index is 842. The molecule has 0 saturated heterocycles. The van der Waals surface area contributed by atoms with Crippen molar-refractivity contribution in [2.75, 3.05) is 12.4 Å². The summed E-state index contributed by atoms with van der Waals surface area (Å²) in [5, 5.41) is 3.15. The minimum Gasteiger partial charge on any atom is -0.465 e. The zero-order valence-corrected chi connectivity index (χ0v) is 16.7. The number of rotatable bonds is 6. The number of carbonyl (C=O) groups is 2. The summed E-state index contributed by atoms with van der Waals surface area (Å²) in [5.74, 6) is -0.575. The van der Waals surface area contributed by atoms with Crippen LogP contribution in [0.3, 0.4) is 0 Å². The highest BCUT2D eigenvalue weighted by molar-refractivity contribution is 6.28. The summed E-state index contributed by atoms with van der Waals surface area (Å²) >= 11 is 5.78. The Morgan fingerprint density at radius 1 is 1.30 bits per heavy atom. The van der Waals surface area contributed by atoms with Gasteiger partial charge in [-0.3, -0.25) is 0 Å². The molecule has 0 aliphatic heterocycles. The molecule has 2 N–H and O–H groups in total. The van der Waals surface area contributed by atoms with Crippen LogP contribution < -0.4 is 5.32 Å². The van der Waals surface area contributed by atoms with Gasteiger partial charge in [0, 0.05) is 11.9 Å². The molecule has 2 aromatic rings. The van der Waals surface area contributed by atoms with Gasteiger partial charge in [0.1, 0.15) is 17.1 Å². The third-order valence-corrected chi connectivity index (χ3v) is 3.78. The maximum Gasteiger partial charge on any atom is 0.355 e. The molecule has 146 valence electrons. The Balaban J connectivity index is 2.39. The Morgan fingerprint density at radius 3 is 2.56 bits per heavy atom. The van der Waals surface area contributed by atoms with Gasteiger partial charge in [0.05, 0.1) is 19.2 Å². The summed E-state index contributed by atoms with van der Waals surface area (Å²) in [6.07, 6.45) is 1.96. The van der Waals surface area contributed by atoms with Gasteiger partial charge in [0.25, 0.3) is 0 Å². The van der Waals surface area contributed by atoms with Crippen LogP contribution in [0.2, 0.25) is 5.28 Å². The Morgan fingerprint density at radius 2 is 2.00 bits per heavy atom. The summed E-state index contributed by atoms with van der Waals surface area (Å²) in [5.41, 5.74) is 0.941. The van der Waals surface area contributed by atoms with Crippen LogP contribution in [0.5, 0.6) is 0 Å². The molecule has 2 heterocycles. The summed E-state index contributed by atoms with van der Waals surface area (Å²) in [4.78, 5) is 35.8. The maximum absolute atomic E-state index is 12.6. The van der Waals surface area contributed by atoms with Crippen molar-refractivity contribution < 1.29 is 19.1 Å². The van der Waals surface area contributed by atoms with E-state index in [0.717, 1.165) is 0 Å². The fourth-order valence-electron chi connectivity index (χ4n) is 2.55. The minimum absolute atomic E-state index is 0.100. The molecule has 2 rings (SSSR count). The Labute approximate surface area is 162 Å². The predicted molar refractivity (Wildman–Crippen MR) is 101 cm³/mol. The van der Waals surface area contributed by atoms with Crippen LogP contribution >= 0.6 is 11.6 Å². The largest absolute Gasteiger partial charge is 0.465 e. The Hall–Kier alpha value is -2.61. The molecule has 0 aliphatic carbocycles. The molecule has 9 heteroatoms. The lowest BCUT2D eigenvalue weighted by atomic mass is 10.1. The highest BCUT2D eigenvalue weighted by Crippen LogP contribution is 2.24. The van der Waals surface area contributed by atoms with E-state index in [0.29, 0.717) is 29.1 Å². The maximum atomic E-state index is 12.6. The lowest BCUT2D eigenvalue weighted by Gasteiger charge is -2.19. The van der Waals surface area contributed by atoms with Crippen molar-refractivity contribution in [3.63, 3.8) is 0 Å². The molecule has 0 bridgehead atoms. The second kappa shape index (κ2) is 8.39. The van der Waals surface area contributed by atoms with Crippen LogP contribution in [0.1, 0.15) is 59.8 Å². The second-order valence-electron chi connectivity index (χ2n) is 6.74. The van der Waals surface area contributed by atoms with Crippen molar-refractivity contribution in [1.82, 2.24) is 15.0 Å². The van der Waals surface area contributed by atoms with Gasteiger partial charge in [-0.2, -0.15) is 0 Å². The smallest absolute Gasteiger partial charge is 0.355 e. The first-order valence-electron chi connectivity index (χ1n) is 8.44. The van der Waals surface area contributed by atoms with Gasteiger partial charge in [0.2, 0.25) is 5.28 Å². The molecule has 0 atom stereocenters. The molecule has 27 heavy (non-hydrogen) atoms. The van der Waals surface area contributed by atoms with E-state index in [1.165, 1.54) is 13.3 Å². The van der Waals surface area contributed by atoms with Crippen LogP contribution in [-0.2, 0) is 22.4 Å². The first kappa shape index (κ1) is 20.7. The van der Waals surface area contributed by atoms with Gasteiger partial charge in [-0.25, -0.2) is 19.6 Å². The van der Waals surface area contributed by atoms with Crippen LogP contribution in [0.25, 0.3) is 0 Å². The third kappa shape index (κ3) is 5.19.